The number of hydrogen-bond donors (Lipinski definition) is 1. The maximum Gasteiger partial charge on any atom is 0.231 e. The summed E-state index contributed by atoms with van der Waals surface area (Å²) in [6.07, 6.45) is 0. The largest absolute Gasteiger partial charge is 0.339 e. The van der Waals surface area contributed by atoms with E-state index in [1.807, 2.05) is 44.2 Å². The molecule has 0 spiro atoms. The van der Waals surface area contributed by atoms with E-state index < -0.39 is 0 Å². The molecule has 0 amide bonds. The van der Waals surface area contributed by atoms with E-state index in [1.165, 1.54) is 0 Å². The van der Waals surface area contributed by atoms with Crippen LogP contribution in [-0.2, 0) is 0 Å². The maximum atomic E-state index is 5.79. The topological polar surface area (TPSA) is 64.9 Å². The minimum Gasteiger partial charge on any atom is -0.339 e. The average molecular weight is 254 g/mol. The zero-order valence-corrected chi connectivity index (χ0v) is 10.6. The third-order valence-corrected chi connectivity index (χ3v) is 2.65. The Balaban J connectivity index is 0.00000144. The molecule has 1 aromatic heterocycles. The molecule has 1 heterocycles. The first kappa shape index (κ1) is 13.7. The number of rotatable bonds is 3. The van der Waals surface area contributed by atoms with Gasteiger partial charge in [-0.1, -0.05) is 42.4 Å². The molecular weight excluding hydrogens is 238 g/mol. The van der Waals surface area contributed by atoms with Gasteiger partial charge in [0.05, 0.1) is 5.92 Å². The molecule has 2 aromatic rings. The number of nitrogens with zero attached hydrogens (tertiary/aromatic N) is 2. The summed E-state index contributed by atoms with van der Waals surface area (Å²) >= 11 is 0. The highest BCUT2D eigenvalue weighted by molar-refractivity contribution is 5.85. The zero-order chi connectivity index (χ0) is 11.5. The van der Waals surface area contributed by atoms with E-state index in [4.69, 9.17) is 10.3 Å². The van der Waals surface area contributed by atoms with Crippen LogP contribution in [0.15, 0.2) is 34.9 Å². The van der Waals surface area contributed by atoms with Crippen LogP contribution >= 0.6 is 12.4 Å². The highest BCUT2D eigenvalue weighted by Gasteiger charge is 2.18. The Labute approximate surface area is 107 Å². The second-order valence-electron chi connectivity index (χ2n) is 3.97. The molecule has 2 atom stereocenters. The molecule has 0 aliphatic rings. The lowest BCUT2D eigenvalue weighted by Gasteiger charge is -2.09. The van der Waals surface area contributed by atoms with Crippen LogP contribution in [0.3, 0.4) is 0 Å². The number of benzene rings is 1. The fourth-order valence-corrected chi connectivity index (χ4v) is 1.35. The molecule has 0 aliphatic carbocycles. The molecule has 0 bridgehead atoms. The van der Waals surface area contributed by atoms with Crippen LogP contribution in [0.5, 0.6) is 0 Å². The van der Waals surface area contributed by atoms with E-state index in [0.717, 1.165) is 5.56 Å². The van der Waals surface area contributed by atoms with Crippen molar-refractivity contribution in [2.75, 3.05) is 0 Å². The van der Waals surface area contributed by atoms with Crippen LogP contribution < -0.4 is 5.73 Å². The third-order valence-electron chi connectivity index (χ3n) is 2.65. The van der Waals surface area contributed by atoms with Gasteiger partial charge in [-0.2, -0.15) is 4.98 Å². The van der Waals surface area contributed by atoms with Crippen molar-refractivity contribution in [2.24, 2.45) is 5.73 Å². The first-order valence-electron chi connectivity index (χ1n) is 5.33. The highest BCUT2D eigenvalue weighted by atomic mass is 35.5. The minimum absolute atomic E-state index is 0. The van der Waals surface area contributed by atoms with E-state index in [-0.39, 0.29) is 24.4 Å². The molecule has 0 fully saturated rings. The van der Waals surface area contributed by atoms with Gasteiger partial charge in [0.25, 0.3) is 0 Å². The molecule has 92 valence electrons. The predicted molar refractivity (Wildman–Crippen MR) is 69.0 cm³/mol. The van der Waals surface area contributed by atoms with Gasteiger partial charge in [0, 0.05) is 11.6 Å². The van der Waals surface area contributed by atoms with Gasteiger partial charge in [-0.25, -0.2) is 0 Å². The molecule has 0 saturated heterocycles. The van der Waals surface area contributed by atoms with Gasteiger partial charge >= 0.3 is 0 Å². The fraction of sp³-hybridized carbons (Fsp3) is 0.333. The van der Waals surface area contributed by atoms with Gasteiger partial charge < -0.3 is 10.3 Å². The van der Waals surface area contributed by atoms with Crippen molar-refractivity contribution >= 4 is 12.4 Å². The number of halogens is 1. The summed E-state index contributed by atoms with van der Waals surface area (Å²) in [5.74, 6) is 1.28. The fourth-order valence-electron chi connectivity index (χ4n) is 1.35. The van der Waals surface area contributed by atoms with Crippen molar-refractivity contribution in [3.8, 4) is 11.4 Å². The smallest absolute Gasteiger partial charge is 0.231 e. The van der Waals surface area contributed by atoms with Crippen molar-refractivity contribution in [3.63, 3.8) is 0 Å². The molecular formula is C12H16ClN3O. The van der Waals surface area contributed by atoms with E-state index >= 15 is 0 Å². The minimum atomic E-state index is 0. The quantitative estimate of drug-likeness (QED) is 0.913. The Morgan fingerprint density at radius 3 is 2.41 bits per heavy atom. The van der Waals surface area contributed by atoms with Crippen LogP contribution in [-0.4, -0.2) is 16.2 Å². The summed E-state index contributed by atoms with van der Waals surface area (Å²) in [4.78, 5) is 4.34. The monoisotopic (exact) mass is 253 g/mol. The lowest BCUT2D eigenvalue weighted by molar-refractivity contribution is 0.347. The molecule has 4 nitrogen and oxygen atoms in total. The van der Waals surface area contributed by atoms with E-state index in [2.05, 4.69) is 10.1 Å². The van der Waals surface area contributed by atoms with Crippen LogP contribution in [0.25, 0.3) is 11.4 Å². The van der Waals surface area contributed by atoms with E-state index in [9.17, 15) is 0 Å². The Hall–Kier alpha value is -1.39. The first-order chi connectivity index (χ1) is 7.68. The molecule has 2 unspecified atom stereocenters. The highest BCUT2D eigenvalue weighted by Crippen LogP contribution is 2.20. The summed E-state index contributed by atoms with van der Waals surface area (Å²) in [5, 5.41) is 3.95. The molecule has 5 heteroatoms. The number of aromatic nitrogens is 2. The molecule has 0 radical (unpaired) electrons. The summed E-state index contributed by atoms with van der Waals surface area (Å²) in [5.41, 5.74) is 6.74. The Kier molecular flexibility index (Phi) is 4.66. The first-order valence-corrected chi connectivity index (χ1v) is 5.33. The van der Waals surface area contributed by atoms with Crippen molar-refractivity contribution in [1.29, 1.82) is 0 Å². The lowest BCUT2D eigenvalue weighted by Crippen LogP contribution is -2.22. The lowest BCUT2D eigenvalue weighted by atomic mass is 10.1. The van der Waals surface area contributed by atoms with Gasteiger partial charge in [-0.3, -0.25) is 0 Å². The second kappa shape index (κ2) is 5.80. The van der Waals surface area contributed by atoms with E-state index in [1.54, 1.807) is 0 Å². The normalized spacial score (nSPS) is 13.8. The SMILES string of the molecule is CC(N)C(C)c1nc(-c2ccccc2)no1.Cl. The Morgan fingerprint density at radius 1 is 1.18 bits per heavy atom. The van der Waals surface area contributed by atoms with Crippen molar-refractivity contribution in [2.45, 2.75) is 25.8 Å². The Bertz CT molecular complexity index is 456. The molecule has 0 saturated carbocycles. The predicted octanol–water partition coefficient (Wildman–Crippen LogP) is 2.61. The summed E-state index contributed by atoms with van der Waals surface area (Å²) < 4.78 is 5.20. The van der Waals surface area contributed by atoms with Crippen LogP contribution in [0.4, 0.5) is 0 Å². The Morgan fingerprint density at radius 2 is 1.82 bits per heavy atom. The summed E-state index contributed by atoms with van der Waals surface area (Å²) in [7, 11) is 0. The van der Waals surface area contributed by atoms with Gasteiger partial charge in [0.1, 0.15) is 0 Å². The maximum absolute atomic E-state index is 5.79. The van der Waals surface area contributed by atoms with Gasteiger partial charge in [0.2, 0.25) is 11.7 Å². The molecule has 2 N–H and O–H groups in total. The third kappa shape index (κ3) is 3.05. The molecule has 1 aromatic carbocycles. The van der Waals surface area contributed by atoms with Crippen molar-refractivity contribution in [1.82, 2.24) is 10.1 Å². The van der Waals surface area contributed by atoms with Gasteiger partial charge in [-0.15, -0.1) is 12.4 Å². The number of nitrogens with two attached hydrogens (primary N) is 1. The van der Waals surface area contributed by atoms with Crippen LogP contribution in [0.2, 0.25) is 0 Å². The molecule has 17 heavy (non-hydrogen) atoms. The standard InChI is InChI=1S/C12H15N3O.ClH/c1-8(9(2)13)12-14-11(15-16-12)10-6-4-3-5-7-10;/h3-9H,13H2,1-2H3;1H. The second-order valence-corrected chi connectivity index (χ2v) is 3.97. The van der Waals surface area contributed by atoms with Crippen LogP contribution in [0.1, 0.15) is 25.7 Å². The van der Waals surface area contributed by atoms with Crippen LogP contribution in [0, 0.1) is 0 Å². The summed E-state index contributed by atoms with van der Waals surface area (Å²) in [6.45, 7) is 3.91. The molecule has 2 rings (SSSR count). The average Bonchev–Trinajstić information content (AvgIpc) is 2.78. The summed E-state index contributed by atoms with van der Waals surface area (Å²) in [6, 6.07) is 9.75. The van der Waals surface area contributed by atoms with Gasteiger partial charge in [-0.05, 0) is 6.92 Å². The van der Waals surface area contributed by atoms with Crippen molar-refractivity contribution in [3.05, 3.63) is 36.2 Å². The van der Waals surface area contributed by atoms with E-state index in [0.29, 0.717) is 11.7 Å². The van der Waals surface area contributed by atoms with Gasteiger partial charge in [0.15, 0.2) is 0 Å². The van der Waals surface area contributed by atoms with Crippen molar-refractivity contribution < 1.29 is 4.52 Å². The molecule has 0 aliphatic heterocycles. The number of hydrogen-bond acceptors (Lipinski definition) is 4. The zero-order valence-electron chi connectivity index (χ0n) is 9.83.